The van der Waals surface area contributed by atoms with Crippen LogP contribution in [0.4, 0.5) is 0 Å². The monoisotopic (exact) mass is 409 g/mol. The molecule has 1 unspecified atom stereocenters. The van der Waals surface area contributed by atoms with E-state index in [0.29, 0.717) is 0 Å². The summed E-state index contributed by atoms with van der Waals surface area (Å²) in [6.45, 7) is 5.06. The molecule has 0 fully saturated rings. The van der Waals surface area contributed by atoms with Crippen molar-refractivity contribution in [3.8, 4) is 17.3 Å². The number of nitrogens with zero attached hydrogens (tertiary/aromatic N) is 6. The van der Waals surface area contributed by atoms with Gasteiger partial charge in [-0.25, -0.2) is 19.6 Å². The van der Waals surface area contributed by atoms with Gasteiger partial charge >= 0.3 is 0 Å². The minimum atomic E-state index is 0.287. The number of fused-ring (bicyclic) bond motifs is 2. The van der Waals surface area contributed by atoms with Crippen molar-refractivity contribution in [2.45, 2.75) is 39.2 Å². The number of nitrogens with one attached hydrogen (secondary N) is 1. The second kappa shape index (κ2) is 6.91. The molecule has 1 aliphatic heterocycles. The Hall–Kier alpha value is -3.74. The molecule has 0 aliphatic carbocycles. The van der Waals surface area contributed by atoms with Crippen molar-refractivity contribution >= 4 is 11.0 Å². The second-order valence-corrected chi connectivity index (χ2v) is 8.28. The molecular formula is C24H23N7. The Bertz CT molecular complexity index is 1400. The van der Waals surface area contributed by atoms with Gasteiger partial charge in [0.15, 0.2) is 5.82 Å². The summed E-state index contributed by atoms with van der Waals surface area (Å²) in [4.78, 5) is 17.5. The molecule has 0 spiro atoms. The Morgan fingerprint density at radius 1 is 1.06 bits per heavy atom. The minimum absolute atomic E-state index is 0.287. The number of imidazole rings is 1. The van der Waals surface area contributed by atoms with Crippen LogP contribution in [-0.2, 0) is 6.54 Å². The Morgan fingerprint density at radius 2 is 1.97 bits per heavy atom. The summed E-state index contributed by atoms with van der Waals surface area (Å²) in [5, 5.41) is 4.84. The van der Waals surface area contributed by atoms with Gasteiger partial charge in [0.1, 0.15) is 18.0 Å². The van der Waals surface area contributed by atoms with Crippen LogP contribution in [0.5, 0.6) is 0 Å². The summed E-state index contributed by atoms with van der Waals surface area (Å²) in [5.41, 5.74) is 6.38. The van der Waals surface area contributed by atoms with Gasteiger partial charge in [-0.2, -0.15) is 0 Å². The number of hydrogen-bond acceptors (Lipinski definition) is 4. The van der Waals surface area contributed by atoms with Crippen molar-refractivity contribution in [3.05, 3.63) is 77.6 Å². The van der Waals surface area contributed by atoms with Crippen LogP contribution in [0.2, 0.25) is 0 Å². The molecule has 4 aromatic heterocycles. The van der Waals surface area contributed by atoms with Gasteiger partial charge in [-0.1, -0.05) is 24.3 Å². The predicted octanol–water partition coefficient (Wildman–Crippen LogP) is 4.55. The lowest BCUT2D eigenvalue weighted by Gasteiger charge is -2.23. The molecule has 31 heavy (non-hydrogen) atoms. The molecule has 5 heterocycles. The zero-order chi connectivity index (χ0) is 20.9. The van der Waals surface area contributed by atoms with E-state index in [0.717, 1.165) is 59.3 Å². The van der Waals surface area contributed by atoms with E-state index in [1.807, 2.05) is 35.9 Å². The molecule has 0 saturated carbocycles. The third-order valence-electron chi connectivity index (χ3n) is 6.12. The summed E-state index contributed by atoms with van der Waals surface area (Å²) < 4.78 is 4.01. The predicted molar refractivity (Wildman–Crippen MR) is 119 cm³/mol. The highest BCUT2D eigenvalue weighted by Crippen LogP contribution is 2.35. The van der Waals surface area contributed by atoms with E-state index in [1.165, 1.54) is 11.1 Å². The SMILES string of the molecule is Cc1cn(-c2ccc3[nH]c(-c4nc5n(n4)CCCC5c4ccccc4C)cc3n2)cn1. The average Bonchev–Trinajstić information content (AvgIpc) is 3.50. The molecular weight excluding hydrogens is 386 g/mol. The highest BCUT2D eigenvalue weighted by Gasteiger charge is 2.27. The largest absolute Gasteiger partial charge is 0.351 e. The summed E-state index contributed by atoms with van der Waals surface area (Å²) in [7, 11) is 0. The second-order valence-electron chi connectivity index (χ2n) is 8.28. The Kier molecular flexibility index (Phi) is 4.02. The molecule has 0 radical (unpaired) electrons. The van der Waals surface area contributed by atoms with E-state index >= 15 is 0 Å². The van der Waals surface area contributed by atoms with Gasteiger partial charge in [0.25, 0.3) is 0 Å². The topological polar surface area (TPSA) is 77.2 Å². The fourth-order valence-corrected chi connectivity index (χ4v) is 4.55. The lowest BCUT2D eigenvalue weighted by Crippen LogP contribution is -2.18. The highest BCUT2D eigenvalue weighted by molar-refractivity contribution is 5.81. The molecule has 1 aromatic carbocycles. The third-order valence-corrected chi connectivity index (χ3v) is 6.12. The number of aromatic amines is 1. The fraction of sp³-hybridized carbons (Fsp3) is 0.250. The van der Waals surface area contributed by atoms with Crippen molar-refractivity contribution in [1.82, 2.24) is 34.3 Å². The molecule has 0 saturated heterocycles. The number of aryl methyl sites for hydroxylation is 3. The van der Waals surface area contributed by atoms with E-state index in [1.54, 1.807) is 6.33 Å². The third kappa shape index (κ3) is 3.04. The van der Waals surface area contributed by atoms with E-state index in [-0.39, 0.29) is 5.92 Å². The number of rotatable bonds is 3. The van der Waals surface area contributed by atoms with Crippen LogP contribution >= 0.6 is 0 Å². The van der Waals surface area contributed by atoms with E-state index < -0.39 is 0 Å². The van der Waals surface area contributed by atoms with Crippen LogP contribution in [0.15, 0.2) is 55.0 Å². The average molecular weight is 409 g/mol. The Labute approximate surface area is 179 Å². The van der Waals surface area contributed by atoms with E-state index in [4.69, 9.17) is 15.1 Å². The van der Waals surface area contributed by atoms with Crippen LogP contribution < -0.4 is 0 Å². The van der Waals surface area contributed by atoms with Gasteiger partial charge in [0, 0.05) is 18.7 Å². The maximum atomic E-state index is 4.98. The van der Waals surface area contributed by atoms with Crippen LogP contribution in [0.3, 0.4) is 0 Å². The van der Waals surface area contributed by atoms with Gasteiger partial charge in [-0.15, -0.1) is 5.10 Å². The maximum absolute atomic E-state index is 4.98. The number of hydrogen-bond donors (Lipinski definition) is 1. The number of pyridine rings is 1. The van der Waals surface area contributed by atoms with Gasteiger partial charge in [0.05, 0.1) is 22.4 Å². The van der Waals surface area contributed by atoms with Gasteiger partial charge in [-0.3, -0.25) is 4.57 Å². The van der Waals surface area contributed by atoms with Crippen LogP contribution in [-0.4, -0.2) is 34.3 Å². The number of benzene rings is 1. The molecule has 7 nitrogen and oxygen atoms in total. The molecule has 6 rings (SSSR count). The molecule has 1 atom stereocenters. The van der Waals surface area contributed by atoms with Crippen LogP contribution in [0.1, 0.15) is 41.4 Å². The lowest BCUT2D eigenvalue weighted by atomic mass is 9.88. The van der Waals surface area contributed by atoms with Gasteiger partial charge in [-0.05, 0) is 56.0 Å². The Morgan fingerprint density at radius 3 is 2.81 bits per heavy atom. The van der Waals surface area contributed by atoms with Crippen molar-refractivity contribution < 1.29 is 0 Å². The van der Waals surface area contributed by atoms with Gasteiger partial charge in [0.2, 0.25) is 0 Å². The minimum Gasteiger partial charge on any atom is -0.351 e. The van der Waals surface area contributed by atoms with Crippen LogP contribution in [0, 0.1) is 13.8 Å². The first-order valence-electron chi connectivity index (χ1n) is 10.7. The molecule has 7 heteroatoms. The number of aromatic nitrogens is 7. The fourth-order valence-electron chi connectivity index (χ4n) is 4.55. The molecule has 1 N–H and O–H groups in total. The van der Waals surface area contributed by atoms with Crippen molar-refractivity contribution in [3.63, 3.8) is 0 Å². The zero-order valence-electron chi connectivity index (χ0n) is 17.6. The molecule has 5 aromatic rings. The van der Waals surface area contributed by atoms with Crippen molar-refractivity contribution in [1.29, 1.82) is 0 Å². The van der Waals surface area contributed by atoms with Gasteiger partial charge < -0.3 is 4.98 Å². The first kappa shape index (κ1) is 18.1. The highest BCUT2D eigenvalue weighted by atomic mass is 15.4. The molecule has 154 valence electrons. The quantitative estimate of drug-likeness (QED) is 0.474. The smallest absolute Gasteiger partial charge is 0.197 e. The zero-order valence-corrected chi connectivity index (χ0v) is 17.6. The summed E-state index contributed by atoms with van der Waals surface area (Å²) in [5.74, 6) is 2.91. The van der Waals surface area contributed by atoms with Crippen molar-refractivity contribution in [2.75, 3.05) is 0 Å². The maximum Gasteiger partial charge on any atom is 0.197 e. The van der Waals surface area contributed by atoms with Crippen molar-refractivity contribution in [2.24, 2.45) is 0 Å². The first-order chi connectivity index (χ1) is 15.2. The van der Waals surface area contributed by atoms with E-state index in [9.17, 15) is 0 Å². The van der Waals surface area contributed by atoms with Crippen LogP contribution in [0.25, 0.3) is 28.4 Å². The normalized spacial score (nSPS) is 16.0. The molecule has 0 amide bonds. The van der Waals surface area contributed by atoms with E-state index in [2.05, 4.69) is 45.8 Å². The summed E-state index contributed by atoms with van der Waals surface area (Å²) >= 11 is 0. The summed E-state index contributed by atoms with van der Waals surface area (Å²) in [6.07, 6.45) is 5.97. The standard InChI is InChI=1S/C24H23N7/c1-15-6-3-4-7-17(15)18-8-5-11-31-24(18)28-23(29-31)21-12-20-19(26-21)9-10-22(27-20)30-13-16(2)25-14-30/h3-4,6-7,9-10,12-14,18,26H,5,8,11H2,1-2H3. The first-order valence-corrected chi connectivity index (χ1v) is 10.7. The Balaban J connectivity index is 1.39. The molecule has 0 bridgehead atoms. The lowest BCUT2D eigenvalue weighted by molar-refractivity contribution is 0.445. The summed E-state index contributed by atoms with van der Waals surface area (Å²) in [6, 6.07) is 14.7. The number of H-pyrrole nitrogens is 1. The molecule has 1 aliphatic rings.